The standard InChI is InChI=1S/C18H15Cl2FN4O.C4H6N2/c1-10-14(20)9-13-16(12-3-2-11(19)8-15(12)21)23-18(24-17(13)22-10)25-4-6-26-7-5-25;1-6-4-2-3-5-6/h2-3,8-9H,4-7H2,1H3;2-4H,1H3. The molecule has 4 heterocycles. The van der Waals surface area contributed by atoms with Crippen LogP contribution in [-0.4, -0.2) is 51.0 Å². The monoisotopic (exact) mass is 474 g/mol. The molecule has 1 fully saturated rings. The Morgan fingerprint density at radius 3 is 2.47 bits per heavy atom. The lowest BCUT2D eigenvalue weighted by atomic mass is 10.1. The Morgan fingerprint density at radius 1 is 1.06 bits per heavy atom. The van der Waals surface area contributed by atoms with E-state index >= 15 is 0 Å². The first kappa shape index (κ1) is 22.4. The number of hydrogen-bond acceptors (Lipinski definition) is 6. The quantitative estimate of drug-likeness (QED) is 0.419. The molecule has 0 spiro atoms. The Balaban J connectivity index is 0.000000354. The minimum atomic E-state index is -0.456. The molecule has 3 aromatic heterocycles. The zero-order chi connectivity index (χ0) is 22.7. The fraction of sp³-hybridized carbons (Fsp3) is 0.273. The van der Waals surface area contributed by atoms with Crippen molar-refractivity contribution >= 4 is 40.2 Å². The van der Waals surface area contributed by atoms with Crippen LogP contribution in [-0.2, 0) is 11.8 Å². The van der Waals surface area contributed by atoms with E-state index in [0.29, 0.717) is 70.3 Å². The summed E-state index contributed by atoms with van der Waals surface area (Å²) in [5.74, 6) is 0.0431. The molecule has 0 aliphatic carbocycles. The average molecular weight is 475 g/mol. The molecule has 0 unspecified atom stereocenters. The van der Waals surface area contributed by atoms with Gasteiger partial charge in [0.15, 0.2) is 5.65 Å². The highest BCUT2D eigenvalue weighted by Gasteiger charge is 2.20. The maximum absolute atomic E-state index is 14.6. The third-order valence-corrected chi connectivity index (χ3v) is 5.54. The van der Waals surface area contributed by atoms with Crippen LogP contribution in [0, 0.1) is 12.7 Å². The summed E-state index contributed by atoms with van der Waals surface area (Å²) in [4.78, 5) is 15.7. The van der Waals surface area contributed by atoms with Crippen molar-refractivity contribution < 1.29 is 9.13 Å². The smallest absolute Gasteiger partial charge is 0.228 e. The summed E-state index contributed by atoms with van der Waals surface area (Å²) in [5.41, 5.74) is 1.92. The molecule has 166 valence electrons. The van der Waals surface area contributed by atoms with Crippen LogP contribution >= 0.6 is 23.2 Å². The van der Waals surface area contributed by atoms with Gasteiger partial charge in [-0.15, -0.1) is 0 Å². The van der Waals surface area contributed by atoms with E-state index in [0.717, 1.165) is 0 Å². The number of anilines is 1. The van der Waals surface area contributed by atoms with E-state index in [9.17, 15) is 4.39 Å². The summed E-state index contributed by atoms with van der Waals surface area (Å²) in [6, 6.07) is 8.12. The van der Waals surface area contributed by atoms with E-state index in [1.165, 1.54) is 6.07 Å². The second kappa shape index (κ2) is 9.77. The maximum atomic E-state index is 14.6. The zero-order valence-electron chi connectivity index (χ0n) is 17.6. The first-order valence-electron chi connectivity index (χ1n) is 9.99. The Labute approximate surface area is 194 Å². The number of nitrogens with zero attached hydrogens (tertiary/aromatic N) is 6. The molecule has 32 heavy (non-hydrogen) atoms. The number of halogens is 3. The molecule has 0 amide bonds. The Morgan fingerprint density at radius 2 is 1.84 bits per heavy atom. The number of hydrogen-bond donors (Lipinski definition) is 0. The third-order valence-electron chi connectivity index (χ3n) is 4.92. The second-order valence-corrected chi connectivity index (χ2v) is 8.05. The molecule has 1 aliphatic heterocycles. The van der Waals surface area contributed by atoms with E-state index < -0.39 is 5.82 Å². The molecule has 0 bridgehead atoms. The van der Waals surface area contributed by atoms with E-state index in [1.54, 1.807) is 36.0 Å². The summed E-state index contributed by atoms with van der Waals surface area (Å²) in [5, 5.41) is 5.24. The van der Waals surface area contributed by atoms with Gasteiger partial charge in [0.05, 0.1) is 29.6 Å². The normalized spacial score (nSPS) is 13.7. The van der Waals surface area contributed by atoms with Gasteiger partial charge in [0.25, 0.3) is 0 Å². The number of ether oxygens (including phenoxy) is 1. The van der Waals surface area contributed by atoms with Crippen molar-refractivity contribution in [3.63, 3.8) is 0 Å². The molecule has 0 saturated carbocycles. The average Bonchev–Trinajstić information content (AvgIpc) is 3.26. The lowest BCUT2D eigenvalue weighted by molar-refractivity contribution is 0.122. The van der Waals surface area contributed by atoms with Gasteiger partial charge in [-0.25, -0.2) is 14.4 Å². The van der Waals surface area contributed by atoms with Crippen molar-refractivity contribution in [3.8, 4) is 11.3 Å². The number of fused-ring (bicyclic) bond motifs is 1. The topological polar surface area (TPSA) is 69.0 Å². The molecule has 10 heteroatoms. The second-order valence-electron chi connectivity index (χ2n) is 7.20. The predicted molar refractivity (Wildman–Crippen MR) is 124 cm³/mol. The van der Waals surface area contributed by atoms with Gasteiger partial charge >= 0.3 is 0 Å². The number of pyridine rings is 1. The first-order chi connectivity index (χ1) is 15.4. The van der Waals surface area contributed by atoms with Crippen LogP contribution in [0.4, 0.5) is 10.3 Å². The molecule has 7 nitrogen and oxygen atoms in total. The molecule has 0 radical (unpaired) electrons. The van der Waals surface area contributed by atoms with Gasteiger partial charge in [-0.1, -0.05) is 23.2 Å². The zero-order valence-corrected chi connectivity index (χ0v) is 19.1. The third kappa shape index (κ3) is 4.98. The Hall–Kier alpha value is -2.81. The van der Waals surface area contributed by atoms with E-state index in [1.807, 2.05) is 24.2 Å². The van der Waals surface area contributed by atoms with Gasteiger partial charge < -0.3 is 9.64 Å². The number of benzene rings is 1. The van der Waals surface area contributed by atoms with Gasteiger partial charge in [-0.2, -0.15) is 10.1 Å². The van der Waals surface area contributed by atoms with E-state index in [2.05, 4.69) is 20.1 Å². The van der Waals surface area contributed by atoms with Crippen LogP contribution in [0.5, 0.6) is 0 Å². The van der Waals surface area contributed by atoms with Crippen LogP contribution in [0.15, 0.2) is 42.7 Å². The SMILES string of the molecule is Cc1nc2nc(N3CCOCC3)nc(-c3ccc(Cl)cc3F)c2cc1Cl.Cn1cccn1. The predicted octanol–water partition coefficient (Wildman–Crippen LogP) is 4.70. The van der Waals surface area contributed by atoms with Crippen molar-refractivity contribution in [3.05, 3.63) is 64.3 Å². The summed E-state index contributed by atoms with van der Waals surface area (Å²) < 4.78 is 21.7. The lowest BCUT2D eigenvalue weighted by Gasteiger charge is -2.27. The van der Waals surface area contributed by atoms with E-state index in [4.69, 9.17) is 27.9 Å². The molecule has 1 aliphatic rings. The van der Waals surface area contributed by atoms with Crippen LogP contribution in [0.1, 0.15) is 5.69 Å². The number of aryl methyl sites for hydroxylation is 2. The summed E-state index contributed by atoms with van der Waals surface area (Å²) >= 11 is 12.1. The van der Waals surface area contributed by atoms with Crippen LogP contribution in [0.25, 0.3) is 22.3 Å². The molecule has 5 rings (SSSR count). The summed E-state index contributed by atoms with van der Waals surface area (Å²) in [6.45, 7) is 4.33. The minimum absolute atomic E-state index is 0.324. The van der Waals surface area contributed by atoms with Crippen molar-refractivity contribution in [2.45, 2.75) is 6.92 Å². The van der Waals surface area contributed by atoms with Crippen LogP contribution < -0.4 is 4.90 Å². The Bertz CT molecular complexity index is 1230. The fourth-order valence-corrected chi connectivity index (χ4v) is 3.55. The number of morpholine rings is 1. The Kier molecular flexibility index (Phi) is 6.83. The molecule has 1 saturated heterocycles. The molecule has 1 aromatic carbocycles. The fourth-order valence-electron chi connectivity index (χ4n) is 3.24. The van der Waals surface area contributed by atoms with Gasteiger partial charge in [0, 0.05) is 48.5 Å². The largest absolute Gasteiger partial charge is 0.378 e. The van der Waals surface area contributed by atoms with Gasteiger partial charge in [0.2, 0.25) is 5.95 Å². The highest BCUT2D eigenvalue weighted by atomic mass is 35.5. The van der Waals surface area contributed by atoms with Gasteiger partial charge in [0.1, 0.15) is 5.82 Å². The first-order valence-corrected chi connectivity index (χ1v) is 10.7. The van der Waals surface area contributed by atoms with Crippen LogP contribution in [0.3, 0.4) is 0 Å². The summed E-state index contributed by atoms with van der Waals surface area (Å²) in [6.07, 6.45) is 3.64. The van der Waals surface area contributed by atoms with Crippen molar-refractivity contribution in [2.24, 2.45) is 7.05 Å². The van der Waals surface area contributed by atoms with Crippen molar-refractivity contribution in [1.82, 2.24) is 24.7 Å². The molecule has 0 atom stereocenters. The molecule has 4 aromatic rings. The summed E-state index contributed by atoms with van der Waals surface area (Å²) in [7, 11) is 1.89. The minimum Gasteiger partial charge on any atom is -0.378 e. The van der Waals surface area contributed by atoms with E-state index in [-0.39, 0.29) is 0 Å². The maximum Gasteiger partial charge on any atom is 0.228 e. The molecular formula is C22H21Cl2FN6O. The highest BCUT2D eigenvalue weighted by molar-refractivity contribution is 6.32. The van der Waals surface area contributed by atoms with Crippen molar-refractivity contribution in [2.75, 3.05) is 31.2 Å². The van der Waals surface area contributed by atoms with Gasteiger partial charge in [-0.05, 0) is 37.3 Å². The van der Waals surface area contributed by atoms with Crippen molar-refractivity contribution in [1.29, 1.82) is 0 Å². The number of aromatic nitrogens is 5. The number of rotatable bonds is 2. The molecular weight excluding hydrogens is 454 g/mol. The highest BCUT2D eigenvalue weighted by Crippen LogP contribution is 2.32. The van der Waals surface area contributed by atoms with Gasteiger partial charge in [-0.3, -0.25) is 4.68 Å². The molecule has 0 N–H and O–H groups in total. The lowest BCUT2D eigenvalue weighted by Crippen LogP contribution is -2.37. The van der Waals surface area contributed by atoms with Crippen LogP contribution in [0.2, 0.25) is 10.0 Å².